The van der Waals surface area contributed by atoms with Crippen LogP contribution >= 0.6 is 0 Å². The van der Waals surface area contributed by atoms with Gasteiger partial charge in [-0.3, -0.25) is 0 Å². The maximum atomic E-state index is 3.68. The second-order valence-corrected chi connectivity index (χ2v) is 6.91. The summed E-state index contributed by atoms with van der Waals surface area (Å²) >= 11 is 0. The lowest BCUT2D eigenvalue weighted by Gasteiger charge is -2.11. The van der Waals surface area contributed by atoms with Gasteiger partial charge in [0.2, 0.25) is 0 Å². The molecule has 0 radical (unpaired) electrons. The maximum Gasteiger partial charge on any atom is 0.0497 e. The molecular weight excluding hydrogens is 280 g/mol. The van der Waals surface area contributed by atoms with E-state index in [9.17, 15) is 0 Å². The summed E-state index contributed by atoms with van der Waals surface area (Å²) in [5.74, 6) is 0. The fraction of sp³-hybridized carbons (Fsp3) is 0.333. The zero-order valence-electron chi connectivity index (χ0n) is 14.0. The first-order valence-electron chi connectivity index (χ1n) is 8.59. The number of benzene rings is 2. The average molecular weight is 304 g/mol. The third-order valence-corrected chi connectivity index (χ3v) is 5.01. The van der Waals surface area contributed by atoms with Crippen LogP contribution in [0.15, 0.2) is 42.5 Å². The summed E-state index contributed by atoms with van der Waals surface area (Å²) in [6.07, 6.45) is 4.86. The van der Waals surface area contributed by atoms with Gasteiger partial charge in [0.1, 0.15) is 0 Å². The van der Waals surface area contributed by atoms with Crippen LogP contribution in [0.3, 0.4) is 0 Å². The van der Waals surface area contributed by atoms with E-state index in [2.05, 4.69) is 66.4 Å². The molecule has 0 bridgehead atoms. The first kappa shape index (κ1) is 14.5. The molecule has 1 heterocycles. The first-order valence-corrected chi connectivity index (χ1v) is 8.59. The minimum absolute atomic E-state index is 1.07. The highest BCUT2D eigenvalue weighted by Crippen LogP contribution is 2.33. The van der Waals surface area contributed by atoms with E-state index >= 15 is 0 Å². The summed E-state index contributed by atoms with van der Waals surface area (Å²) in [5, 5.41) is 1.37. The van der Waals surface area contributed by atoms with Crippen molar-refractivity contribution in [3.05, 3.63) is 59.2 Å². The Bertz CT molecular complexity index is 842. The molecule has 0 aliphatic heterocycles. The predicted octanol–water partition coefficient (Wildman–Crippen LogP) is 4.43. The van der Waals surface area contributed by atoms with Gasteiger partial charge < -0.3 is 9.88 Å². The van der Waals surface area contributed by atoms with E-state index in [4.69, 9.17) is 0 Å². The van der Waals surface area contributed by atoms with Gasteiger partial charge in [0.25, 0.3) is 0 Å². The van der Waals surface area contributed by atoms with Crippen LogP contribution in [-0.4, -0.2) is 30.5 Å². The second-order valence-electron chi connectivity index (χ2n) is 6.91. The van der Waals surface area contributed by atoms with E-state index in [1.54, 1.807) is 11.1 Å². The Labute approximate surface area is 138 Å². The predicted molar refractivity (Wildman–Crippen MR) is 98.0 cm³/mol. The standard InChI is InChI=1S/C21H24N2/c1-23(2)13-12-19-18-8-3-4-9-20(18)22-21(19)17-11-10-15-6-5-7-16(15)14-17/h3-4,8-11,14,22H,5-7,12-13H2,1-2H3. The molecule has 0 fully saturated rings. The van der Waals surface area contributed by atoms with Crippen LogP contribution in [0, 0.1) is 0 Å². The minimum Gasteiger partial charge on any atom is -0.354 e. The Morgan fingerprint density at radius 1 is 1.00 bits per heavy atom. The molecule has 0 spiro atoms. The number of nitrogens with zero attached hydrogens (tertiary/aromatic N) is 1. The number of hydrogen-bond acceptors (Lipinski definition) is 1. The Morgan fingerprint density at radius 3 is 2.70 bits per heavy atom. The molecule has 1 aromatic heterocycles. The highest BCUT2D eigenvalue weighted by Gasteiger charge is 2.16. The minimum atomic E-state index is 1.07. The van der Waals surface area contributed by atoms with Gasteiger partial charge in [0.05, 0.1) is 0 Å². The summed E-state index contributed by atoms with van der Waals surface area (Å²) < 4.78 is 0. The Balaban J connectivity index is 1.83. The number of rotatable bonds is 4. The van der Waals surface area contributed by atoms with Crippen molar-refractivity contribution in [3.8, 4) is 11.3 Å². The van der Waals surface area contributed by atoms with Gasteiger partial charge in [-0.1, -0.05) is 30.3 Å². The molecule has 0 saturated heterocycles. The van der Waals surface area contributed by atoms with Gasteiger partial charge in [-0.05, 0) is 74.2 Å². The lowest BCUT2D eigenvalue weighted by atomic mass is 9.99. The largest absolute Gasteiger partial charge is 0.354 e. The first-order chi connectivity index (χ1) is 11.2. The zero-order valence-corrected chi connectivity index (χ0v) is 14.0. The smallest absolute Gasteiger partial charge is 0.0497 e. The fourth-order valence-electron chi connectivity index (χ4n) is 3.77. The van der Waals surface area contributed by atoms with Crippen molar-refractivity contribution in [1.82, 2.24) is 9.88 Å². The molecule has 0 unspecified atom stereocenters. The van der Waals surface area contributed by atoms with Crippen LogP contribution in [0.5, 0.6) is 0 Å². The molecule has 0 atom stereocenters. The van der Waals surface area contributed by atoms with Gasteiger partial charge in [-0.25, -0.2) is 0 Å². The molecule has 2 heteroatoms. The van der Waals surface area contributed by atoms with Crippen molar-refractivity contribution in [2.75, 3.05) is 20.6 Å². The van der Waals surface area contributed by atoms with Gasteiger partial charge in [0, 0.05) is 23.1 Å². The summed E-state index contributed by atoms with van der Waals surface area (Å²) in [6, 6.07) is 15.7. The van der Waals surface area contributed by atoms with Crippen LogP contribution in [0.25, 0.3) is 22.2 Å². The molecule has 3 aromatic rings. The van der Waals surface area contributed by atoms with E-state index in [0.29, 0.717) is 0 Å². The maximum absolute atomic E-state index is 3.68. The number of aromatic amines is 1. The van der Waals surface area contributed by atoms with Crippen molar-refractivity contribution in [2.24, 2.45) is 0 Å². The Hall–Kier alpha value is -2.06. The molecule has 4 rings (SSSR count). The van der Waals surface area contributed by atoms with Crippen molar-refractivity contribution in [2.45, 2.75) is 25.7 Å². The van der Waals surface area contributed by atoms with Crippen LogP contribution in [0.2, 0.25) is 0 Å². The van der Waals surface area contributed by atoms with Crippen molar-refractivity contribution >= 4 is 10.9 Å². The van der Waals surface area contributed by atoms with Gasteiger partial charge in [0.15, 0.2) is 0 Å². The zero-order chi connectivity index (χ0) is 15.8. The number of H-pyrrole nitrogens is 1. The third kappa shape index (κ3) is 2.68. The van der Waals surface area contributed by atoms with Gasteiger partial charge >= 0.3 is 0 Å². The summed E-state index contributed by atoms with van der Waals surface area (Å²) in [5.41, 5.74) is 8.43. The van der Waals surface area contributed by atoms with E-state index in [1.807, 2.05) is 0 Å². The number of fused-ring (bicyclic) bond motifs is 2. The topological polar surface area (TPSA) is 19.0 Å². The fourth-order valence-corrected chi connectivity index (χ4v) is 3.77. The Kier molecular flexibility index (Phi) is 3.70. The Morgan fingerprint density at radius 2 is 1.83 bits per heavy atom. The van der Waals surface area contributed by atoms with Crippen molar-refractivity contribution in [3.63, 3.8) is 0 Å². The summed E-state index contributed by atoms with van der Waals surface area (Å²) in [4.78, 5) is 5.94. The third-order valence-electron chi connectivity index (χ3n) is 5.01. The van der Waals surface area contributed by atoms with Crippen LogP contribution in [0.4, 0.5) is 0 Å². The number of aryl methyl sites for hydroxylation is 2. The molecule has 0 amide bonds. The van der Waals surface area contributed by atoms with E-state index in [0.717, 1.165) is 13.0 Å². The monoisotopic (exact) mass is 304 g/mol. The van der Waals surface area contributed by atoms with Crippen LogP contribution < -0.4 is 0 Å². The molecule has 2 aromatic carbocycles. The quantitative estimate of drug-likeness (QED) is 0.755. The van der Waals surface area contributed by atoms with Gasteiger partial charge in [-0.15, -0.1) is 0 Å². The van der Waals surface area contributed by atoms with E-state index < -0.39 is 0 Å². The second kappa shape index (κ2) is 5.86. The highest BCUT2D eigenvalue weighted by atomic mass is 15.0. The van der Waals surface area contributed by atoms with E-state index in [1.165, 1.54) is 47.0 Å². The summed E-state index contributed by atoms with van der Waals surface area (Å²) in [7, 11) is 4.29. The molecule has 2 nitrogen and oxygen atoms in total. The lowest BCUT2D eigenvalue weighted by Crippen LogP contribution is -2.15. The molecule has 1 N–H and O–H groups in total. The molecule has 23 heavy (non-hydrogen) atoms. The molecule has 0 saturated carbocycles. The number of hydrogen-bond donors (Lipinski definition) is 1. The SMILES string of the molecule is CN(C)CCc1c(-c2ccc3c(c2)CCC3)[nH]c2ccccc12. The number of para-hydroxylation sites is 1. The van der Waals surface area contributed by atoms with Gasteiger partial charge in [-0.2, -0.15) is 0 Å². The molecule has 1 aliphatic carbocycles. The number of nitrogens with one attached hydrogen (secondary N) is 1. The number of likely N-dealkylation sites (N-methyl/N-ethyl adjacent to an activating group) is 1. The highest BCUT2D eigenvalue weighted by molar-refractivity contribution is 5.91. The van der Waals surface area contributed by atoms with E-state index in [-0.39, 0.29) is 0 Å². The summed E-state index contributed by atoms with van der Waals surface area (Å²) in [6.45, 7) is 1.07. The molecule has 1 aliphatic rings. The van der Waals surface area contributed by atoms with Crippen molar-refractivity contribution in [1.29, 1.82) is 0 Å². The van der Waals surface area contributed by atoms with Crippen LogP contribution in [-0.2, 0) is 19.3 Å². The average Bonchev–Trinajstić information content (AvgIpc) is 3.16. The molecule has 118 valence electrons. The number of aromatic nitrogens is 1. The lowest BCUT2D eigenvalue weighted by molar-refractivity contribution is 0.414. The molecular formula is C21H24N2. The van der Waals surface area contributed by atoms with Crippen molar-refractivity contribution < 1.29 is 0 Å². The van der Waals surface area contributed by atoms with Crippen LogP contribution in [0.1, 0.15) is 23.1 Å². The normalized spacial score (nSPS) is 13.9.